The zero-order chi connectivity index (χ0) is 13.2. The molecule has 0 radical (unpaired) electrons. The molecule has 1 heteroatoms. The number of carbonyl (C=O) groups is 1. The predicted octanol–water partition coefficient (Wildman–Crippen LogP) is 4.08. The summed E-state index contributed by atoms with van der Waals surface area (Å²) in [6, 6.07) is 20.5. The second-order valence-corrected chi connectivity index (χ2v) is 5.06. The molecule has 1 nitrogen and oxygen atoms in total. The molecule has 19 heavy (non-hydrogen) atoms. The van der Waals surface area contributed by atoms with Crippen LogP contribution >= 0.6 is 0 Å². The van der Waals surface area contributed by atoms with Crippen molar-refractivity contribution in [1.29, 1.82) is 0 Å². The standard InChI is InChI=1S/C18H16O/c1-13-17(19)12-16(14-8-4-2-5-9-14)18(13)15-10-6-3-7-11-15/h2-11,16,18H,1,12H2/t16?,18-/m0/s1. The number of Topliss-reactive ketones (excluding diaryl/α,β-unsaturated/α-hetero) is 1. The van der Waals surface area contributed by atoms with Crippen LogP contribution in [0.3, 0.4) is 0 Å². The van der Waals surface area contributed by atoms with Crippen LogP contribution in [-0.2, 0) is 4.79 Å². The first kappa shape index (κ1) is 11.9. The van der Waals surface area contributed by atoms with Crippen molar-refractivity contribution in [3.8, 4) is 0 Å². The summed E-state index contributed by atoms with van der Waals surface area (Å²) in [7, 11) is 0. The molecule has 1 aliphatic carbocycles. The first-order valence-electron chi connectivity index (χ1n) is 6.59. The van der Waals surface area contributed by atoms with Gasteiger partial charge in [-0.3, -0.25) is 4.79 Å². The van der Waals surface area contributed by atoms with Crippen LogP contribution in [0.2, 0.25) is 0 Å². The SMILES string of the molecule is C=C1C(=O)CC(c2ccccc2)[C@@H]1c1ccccc1. The maximum absolute atomic E-state index is 12.0. The summed E-state index contributed by atoms with van der Waals surface area (Å²) >= 11 is 0. The first-order valence-corrected chi connectivity index (χ1v) is 6.59. The molecule has 0 heterocycles. The van der Waals surface area contributed by atoms with Gasteiger partial charge >= 0.3 is 0 Å². The van der Waals surface area contributed by atoms with E-state index in [1.807, 2.05) is 36.4 Å². The highest BCUT2D eigenvalue weighted by molar-refractivity contribution is 6.00. The zero-order valence-corrected chi connectivity index (χ0v) is 10.8. The third-order valence-electron chi connectivity index (χ3n) is 3.93. The molecule has 1 saturated carbocycles. The Balaban J connectivity index is 2.04. The fourth-order valence-electron chi connectivity index (χ4n) is 2.97. The third-order valence-corrected chi connectivity index (χ3v) is 3.93. The minimum Gasteiger partial charge on any atom is -0.295 e. The van der Waals surface area contributed by atoms with Crippen LogP contribution in [0.15, 0.2) is 72.8 Å². The minimum absolute atomic E-state index is 0.121. The van der Waals surface area contributed by atoms with Crippen LogP contribution in [0.1, 0.15) is 29.4 Å². The van der Waals surface area contributed by atoms with Crippen molar-refractivity contribution in [1.82, 2.24) is 0 Å². The van der Waals surface area contributed by atoms with E-state index in [-0.39, 0.29) is 17.6 Å². The average molecular weight is 248 g/mol. The lowest BCUT2D eigenvalue weighted by Crippen LogP contribution is -2.05. The molecule has 1 fully saturated rings. The Labute approximate surface area is 113 Å². The van der Waals surface area contributed by atoms with Gasteiger partial charge in [0.05, 0.1) is 0 Å². The summed E-state index contributed by atoms with van der Waals surface area (Å²) in [6.45, 7) is 4.02. The van der Waals surface area contributed by atoms with E-state index >= 15 is 0 Å². The lowest BCUT2D eigenvalue weighted by molar-refractivity contribution is -0.114. The summed E-state index contributed by atoms with van der Waals surface area (Å²) in [6.07, 6.45) is 0.572. The van der Waals surface area contributed by atoms with Crippen molar-refractivity contribution in [2.24, 2.45) is 0 Å². The summed E-state index contributed by atoms with van der Waals surface area (Å²) in [4.78, 5) is 12.0. The lowest BCUT2D eigenvalue weighted by atomic mass is 9.83. The average Bonchev–Trinajstić information content (AvgIpc) is 2.77. The van der Waals surface area contributed by atoms with Crippen LogP contribution in [0.4, 0.5) is 0 Å². The molecule has 0 N–H and O–H groups in total. The van der Waals surface area contributed by atoms with Gasteiger partial charge in [0, 0.05) is 18.3 Å². The Morgan fingerprint density at radius 1 is 0.842 bits per heavy atom. The molecule has 0 aliphatic heterocycles. The maximum atomic E-state index is 12.0. The molecule has 0 saturated heterocycles. The van der Waals surface area contributed by atoms with Gasteiger partial charge in [-0.1, -0.05) is 67.2 Å². The van der Waals surface area contributed by atoms with Crippen LogP contribution in [0.5, 0.6) is 0 Å². The highest BCUT2D eigenvalue weighted by Crippen LogP contribution is 2.46. The van der Waals surface area contributed by atoms with Gasteiger partial charge in [-0.2, -0.15) is 0 Å². The van der Waals surface area contributed by atoms with Crippen molar-refractivity contribution in [3.05, 3.63) is 83.9 Å². The van der Waals surface area contributed by atoms with Crippen LogP contribution in [-0.4, -0.2) is 5.78 Å². The summed E-state index contributed by atoms with van der Waals surface area (Å²) in [5.41, 5.74) is 3.16. The number of rotatable bonds is 2. The Morgan fingerprint density at radius 3 is 1.95 bits per heavy atom. The fourth-order valence-corrected chi connectivity index (χ4v) is 2.97. The van der Waals surface area contributed by atoms with E-state index in [0.717, 1.165) is 5.57 Å². The molecule has 94 valence electrons. The molecule has 3 rings (SSSR count). The topological polar surface area (TPSA) is 17.1 Å². The maximum Gasteiger partial charge on any atom is 0.159 e. The Bertz CT molecular complexity index is 598. The predicted molar refractivity (Wildman–Crippen MR) is 77.1 cm³/mol. The highest BCUT2D eigenvalue weighted by atomic mass is 16.1. The second kappa shape index (κ2) is 4.85. The van der Waals surface area contributed by atoms with E-state index in [1.54, 1.807) is 0 Å². The molecule has 2 aromatic rings. The van der Waals surface area contributed by atoms with Gasteiger partial charge in [-0.05, 0) is 16.7 Å². The molecule has 1 aliphatic rings. The van der Waals surface area contributed by atoms with Crippen molar-refractivity contribution in [2.45, 2.75) is 18.3 Å². The molecule has 1 unspecified atom stereocenters. The van der Waals surface area contributed by atoms with E-state index in [0.29, 0.717) is 6.42 Å². The number of hydrogen-bond acceptors (Lipinski definition) is 1. The molecule has 0 bridgehead atoms. The van der Waals surface area contributed by atoms with Gasteiger partial charge in [-0.15, -0.1) is 0 Å². The summed E-state index contributed by atoms with van der Waals surface area (Å²) in [5, 5.41) is 0. The number of allylic oxidation sites excluding steroid dienone is 1. The number of carbonyl (C=O) groups excluding carboxylic acids is 1. The summed E-state index contributed by atoms with van der Waals surface area (Å²) < 4.78 is 0. The van der Waals surface area contributed by atoms with E-state index in [1.165, 1.54) is 11.1 Å². The zero-order valence-electron chi connectivity index (χ0n) is 10.8. The van der Waals surface area contributed by atoms with Gasteiger partial charge in [0.15, 0.2) is 5.78 Å². The normalized spacial score (nSPS) is 22.7. The number of benzene rings is 2. The molecule has 0 spiro atoms. The van der Waals surface area contributed by atoms with Gasteiger partial charge in [0.2, 0.25) is 0 Å². The van der Waals surface area contributed by atoms with Crippen molar-refractivity contribution >= 4 is 5.78 Å². The Kier molecular flexibility index (Phi) is 3.04. The minimum atomic E-state index is 0.121. The van der Waals surface area contributed by atoms with E-state index < -0.39 is 0 Å². The number of ketones is 1. The van der Waals surface area contributed by atoms with E-state index in [2.05, 4.69) is 30.8 Å². The molecular formula is C18H16O. The molecule has 0 amide bonds. The smallest absolute Gasteiger partial charge is 0.159 e. The molecular weight excluding hydrogens is 232 g/mol. The third kappa shape index (κ3) is 2.12. The Hall–Kier alpha value is -2.15. The quantitative estimate of drug-likeness (QED) is 0.732. The van der Waals surface area contributed by atoms with Gasteiger partial charge in [0.25, 0.3) is 0 Å². The van der Waals surface area contributed by atoms with Crippen molar-refractivity contribution in [3.63, 3.8) is 0 Å². The summed E-state index contributed by atoms with van der Waals surface area (Å²) in [5.74, 6) is 0.544. The van der Waals surface area contributed by atoms with E-state index in [9.17, 15) is 4.79 Å². The second-order valence-electron chi connectivity index (χ2n) is 5.06. The van der Waals surface area contributed by atoms with Crippen LogP contribution in [0.25, 0.3) is 0 Å². The molecule has 2 atom stereocenters. The largest absolute Gasteiger partial charge is 0.295 e. The molecule has 2 aromatic carbocycles. The molecule has 0 aromatic heterocycles. The van der Waals surface area contributed by atoms with Crippen molar-refractivity contribution < 1.29 is 4.79 Å². The van der Waals surface area contributed by atoms with Crippen molar-refractivity contribution in [2.75, 3.05) is 0 Å². The number of hydrogen-bond donors (Lipinski definition) is 0. The van der Waals surface area contributed by atoms with Gasteiger partial charge in [0.1, 0.15) is 0 Å². The first-order chi connectivity index (χ1) is 9.27. The lowest BCUT2D eigenvalue weighted by Gasteiger charge is -2.20. The van der Waals surface area contributed by atoms with Gasteiger partial charge in [-0.25, -0.2) is 0 Å². The van der Waals surface area contributed by atoms with E-state index in [4.69, 9.17) is 0 Å². The van der Waals surface area contributed by atoms with Crippen LogP contribution < -0.4 is 0 Å². The Morgan fingerprint density at radius 2 is 1.37 bits per heavy atom. The van der Waals surface area contributed by atoms with Gasteiger partial charge < -0.3 is 0 Å². The van der Waals surface area contributed by atoms with Crippen LogP contribution in [0, 0.1) is 0 Å². The fraction of sp³-hybridized carbons (Fsp3) is 0.167. The monoisotopic (exact) mass is 248 g/mol. The highest BCUT2D eigenvalue weighted by Gasteiger charge is 2.38.